The average molecular weight is 579 g/mol. The second kappa shape index (κ2) is 13.3. The van der Waals surface area contributed by atoms with Crippen LogP contribution in [0.4, 0.5) is 5.82 Å². The van der Waals surface area contributed by atoms with E-state index in [1.54, 1.807) is 29.4 Å². The van der Waals surface area contributed by atoms with Gasteiger partial charge in [0.25, 0.3) is 11.5 Å². The predicted molar refractivity (Wildman–Crippen MR) is 162 cm³/mol. The van der Waals surface area contributed by atoms with Crippen LogP contribution < -0.4 is 10.5 Å². The highest BCUT2D eigenvalue weighted by Gasteiger charge is 2.34. The summed E-state index contributed by atoms with van der Waals surface area (Å²) in [5, 5.41) is 9.93. The summed E-state index contributed by atoms with van der Waals surface area (Å²) in [7, 11) is 0. The van der Waals surface area contributed by atoms with Crippen molar-refractivity contribution in [3.05, 3.63) is 67.8 Å². The van der Waals surface area contributed by atoms with Gasteiger partial charge in [-0.1, -0.05) is 67.7 Å². The van der Waals surface area contributed by atoms with Gasteiger partial charge in [-0.2, -0.15) is 5.26 Å². The number of rotatable bonds is 9. The molecule has 3 heterocycles. The van der Waals surface area contributed by atoms with E-state index in [1.165, 1.54) is 11.8 Å². The standard InChI is InChI=1S/C30H34N4O4S2/c1-4-6-14-33-26(32-15-12-22(13-16-32)29(37)38-5-2)23(20(3)24(18-31)27(33)35)17-25-28(36)34(30(39)40-25)19-21-10-8-7-9-11-21/h7-11,17,22H,4-6,12-16,19H2,1-3H3/b25-17-. The van der Waals surface area contributed by atoms with Gasteiger partial charge in [-0.05, 0) is 50.3 Å². The quantitative estimate of drug-likeness (QED) is 0.233. The third-order valence-electron chi connectivity index (χ3n) is 7.33. The summed E-state index contributed by atoms with van der Waals surface area (Å²) in [6, 6.07) is 11.8. The minimum Gasteiger partial charge on any atom is -0.466 e. The van der Waals surface area contributed by atoms with E-state index in [1.807, 2.05) is 37.3 Å². The zero-order valence-electron chi connectivity index (χ0n) is 23.1. The lowest BCUT2D eigenvalue weighted by molar-refractivity contribution is -0.148. The van der Waals surface area contributed by atoms with E-state index in [-0.39, 0.29) is 28.9 Å². The Kier molecular flexibility index (Phi) is 9.82. The van der Waals surface area contributed by atoms with Crippen LogP contribution in [0.2, 0.25) is 0 Å². The maximum absolute atomic E-state index is 13.5. The average Bonchev–Trinajstić information content (AvgIpc) is 3.22. The third-order valence-corrected chi connectivity index (χ3v) is 8.71. The zero-order valence-corrected chi connectivity index (χ0v) is 24.8. The Morgan fingerprint density at radius 2 is 1.90 bits per heavy atom. The lowest BCUT2D eigenvalue weighted by atomic mass is 9.95. The summed E-state index contributed by atoms with van der Waals surface area (Å²) in [5.41, 5.74) is 1.93. The fraction of sp³-hybridized carbons (Fsp3) is 0.433. The first-order chi connectivity index (χ1) is 19.3. The van der Waals surface area contributed by atoms with Gasteiger partial charge < -0.3 is 9.64 Å². The molecule has 0 unspecified atom stereocenters. The lowest BCUT2D eigenvalue weighted by Gasteiger charge is -2.35. The van der Waals surface area contributed by atoms with Crippen LogP contribution >= 0.6 is 24.0 Å². The van der Waals surface area contributed by atoms with E-state index >= 15 is 0 Å². The van der Waals surface area contributed by atoms with Crippen molar-refractivity contribution in [3.8, 4) is 6.07 Å². The molecule has 8 nitrogen and oxygen atoms in total. The van der Waals surface area contributed by atoms with Crippen molar-refractivity contribution in [1.29, 1.82) is 5.26 Å². The van der Waals surface area contributed by atoms with Crippen LogP contribution in [-0.4, -0.2) is 45.4 Å². The van der Waals surface area contributed by atoms with Gasteiger partial charge >= 0.3 is 5.97 Å². The summed E-state index contributed by atoms with van der Waals surface area (Å²) in [4.78, 5) is 43.6. The first kappa shape index (κ1) is 29.6. The number of hydrogen-bond donors (Lipinski definition) is 0. The van der Waals surface area contributed by atoms with Gasteiger partial charge in [-0.15, -0.1) is 0 Å². The third kappa shape index (κ3) is 6.16. The first-order valence-corrected chi connectivity index (χ1v) is 14.9. The molecule has 10 heteroatoms. The van der Waals surface area contributed by atoms with Gasteiger partial charge in [0.2, 0.25) is 0 Å². The maximum Gasteiger partial charge on any atom is 0.309 e. The molecule has 40 heavy (non-hydrogen) atoms. The summed E-state index contributed by atoms with van der Waals surface area (Å²) in [6.45, 7) is 7.88. The molecule has 2 aliphatic heterocycles. The number of thiocarbonyl (C=S) groups is 1. The number of esters is 1. The number of pyridine rings is 1. The van der Waals surface area contributed by atoms with Crippen LogP contribution in [0, 0.1) is 24.2 Å². The van der Waals surface area contributed by atoms with Crippen LogP contribution in [-0.2, 0) is 27.4 Å². The smallest absolute Gasteiger partial charge is 0.309 e. The van der Waals surface area contributed by atoms with Crippen molar-refractivity contribution >= 4 is 52.1 Å². The number of aromatic nitrogens is 1. The highest BCUT2D eigenvalue weighted by molar-refractivity contribution is 8.26. The Balaban J connectivity index is 1.77. The second-order valence-electron chi connectivity index (χ2n) is 9.93. The molecule has 2 aliphatic rings. The number of hydrogen-bond acceptors (Lipinski definition) is 8. The SMILES string of the molecule is CCCCn1c(N2CCC(C(=O)OCC)CC2)c(/C=C2\SC(=S)N(Cc3ccccc3)C2=O)c(C)c(C#N)c1=O. The molecular formula is C30H34N4O4S2. The number of piperidine rings is 1. The first-order valence-electron chi connectivity index (χ1n) is 13.7. The van der Waals surface area contributed by atoms with E-state index < -0.39 is 0 Å². The van der Waals surface area contributed by atoms with Crippen LogP contribution in [0.25, 0.3) is 6.08 Å². The van der Waals surface area contributed by atoms with Crippen LogP contribution in [0.1, 0.15) is 61.8 Å². The molecule has 2 fully saturated rings. The van der Waals surface area contributed by atoms with Gasteiger partial charge in [0.15, 0.2) is 0 Å². The molecule has 4 rings (SSSR count). The lowest BCUT2D eigenvalue weighted by Crippen LogP contribution is -2.41. The summed E-state index contributed by atoms with van der Waals surface area (Å²) in [5.74, 6) is 0.105. The summed E-state index contributed by atoms with van der Waals surface area (Å²) in [6.07, 6.45) is 4.62. The zero-order chi connectivity index (χ0) is 28.8. The second-order valence-corrected chi connectivity index (χ2v) is 11.6. The molecule has 1 aromatic heterocycles. The summed E-state index contributed by atoms with van der Waals surface area (Å²) < 4.78 is 7.38. The van der Waals surface area contributed by atoms with Gasteiger partial charge in [-0.25, -0.2) is 0 Å². The van der Waals surface area contributed by atoms with Gasteiger partial charge in [0.1, 0.15) is 21.8 Å². The predicted octanol–water partition coefficient (Wildman–Crippen LogP) is 5.01. The van der Waals surface area contributed by atoms with Gasteiger partial charge in [-0.3, -0.25) is 23.9 Å². The molecular weight excluding hydrogens is 544 g/mol. The topological polar surface area (TPSA) is 95.6 Å². The van der Waals surface area contributed by atoms with Gasteiger partial charge in [0.05, 0.1) is 24.0 Å². The molecule has 0 N–H and O–H groups in total. The largest absolute Gasteiger partial charge is 0.466 e. The van der Waals surface area contributed by atoms with Crippen LogP contribution in [0.3, 0.4) is 0 Å². The number of nitriles is 1. The molecule has 210 valence electrons. The Morgan fingerprint density at radius 3 is 2.52 bits per heavy atom. The summed E-state index contributed by atoms with van der Waals surface area (Å²) >= 11 is 6.81. The molecule has 0 spiro atoms. The Hall–Kier alpha value is -3.42. The van der Waals surface area contributed by atoms with Crippen molar-refractivity contribution in [2.45, 2.75) is 59.5 Å². The van der Waals surface area contributed by atoms with Crippen molar-refractivity contribution in [1.82, 2.24) is 9.47 Å². The van der Waals surface area contributed by atoms with E-state index in [4.69, 9.17) is 17.0 Å². The van der Waals surface area contributed by atoms with Crippen molar-refractivity contribution in [2.24, 2.45) is 5.92 Å². The van der Waals surface area contributed by atoms with Crippen molar-refractivity contribution in [2.75, 3.05) is 24.6 Å². The number of benzene rings is 1. The number of unbranched alkanes of at least 4 members (excludes halogenated alkanes) is 1. The number of nitrogens with zero attached hydrogens (tertiary/aromatic N) is 4. The van der Waals surface area contributed by atoms with E-state index in [9.17, 15) is 19.6 Å². The molecule has 0 radical (unpaired) electrons. The molecule has 2 aromatic rings. The number of carbonyl (C=O) groups is 2. The Morgan fingerprint density at radius 1 is 1.20 bits per heavy atom. The molecule has 0 bridgehead atoms. The molecule has 0 aliphatic carbocycles. The minimum atomic E-state index is -0.329. The number of anilines is 1. The normalized spacial score (nSPS) is 17.0. The highest BCUT2D eigenvalue weighted by atomic mass is 32.2. The van der Waals surface area contributed by atoms with E-state index in [0.717, 1.165) is 18.4 Å². The maximum atomic E-state index is 13.5. The molecule has 1 aromatic carbocycles. The number of carbonyl (C=O) groups excluding carboxylic acids is 2. The van der Waals surface area contributed by atoms with E-state index in [0.29, 0.717) is 71.8 Å². The molecule has 0 atom stereocenters. The van der Waals surface area contributed by atoms with Crippen molar-refractivity contribution in [3.63, 3.8) is 0 Å². The minimum absolute atomic E-state index is 0.0762. The number of amides is 1. The highest BCUT2D eigenvalue weighted by Crippen LogP contribution is 2.37. The molecule has 0 saturated carbocycles. The van der Waals surface area contributed by atoms with Gasteiger partial charge in [0, 0.05) is 25.2 Å². The van der Waals surface area contributed by atoms with Crippen LogP contribution in [0.15, 0.2) is 40.0 Å². The fourth-order valence-corrected chi connectivity index (χ4v) is 6.37. The monoisotopic (exact) mass is 578 g/mol. The number of ether oxygens (including phenoxy) is 1. The van der Waals surface area contributed by atoms with Crippen molar-refractivity contribution < 1.29 is 14.3 Å². The Labute approximate surface area is 244 Å². The number of thioether (sulfide) groups is 1. The molecule has 2 saturated heterocycles. The Bertz CT molecular complexity index is 1420. The fourth-order valence-electron chi connectivity index (χ4n) is 5.13. The van der Waals surface area contributed by atoms with E-state index in [2.05, 4.69) is 11.0 Å². The molecule has 1 amide bonds. The van der Waals surface area contributed by atoms with Crippen LogP contribution in [0.5, 0.6) is 0 Å².